The van der Waals surface area contributed by atoms with Gasteiger partial charge in [-0.1, -0.05) is 60.7 Å². The van der Waals surface area contributed by atoms with Gasteiger partial charge in [0.05, 0.1) is 5.71 Å². The highest BCUT2D eigenvalue weighted by atomic mass is 79.9. The van der Waals surface area contributed by atoms with Gasteiger partial charge in [-0.2, -0.15) is 0 Å². The van der Waals surface area contributed by atoms with Gasteiger partial charge in [0, 0.05) is 28.0 Å². The molecule has 0 N–H and O–H groups in total. The maximum Gasteiger partial charge on any atom is 0.336 e. The van der Waals surface area contributed by atoms with E-state index in [1.165, 1.54) is 0 Å². The van der Waals surface area contributed by atoms with Gasteiger partial charge >= 0.3 is 5.97 Å². The molecule has 3 aromatic carbocycles. The predicted octanol–water partition coefficient (Wildman–Crippen LogP) is 5.22. The summed E-state index contributed by atoms with van der Waals surface area (Å²) in [7, 11) is 0. The quantitative estimate of drug-likeness (QED) is 0.233. The Labute approximate surface area is 182 Å². The van der Waals surface area contributed by atoms with Crippen molar-refractivity contribution in [2.75, 3.05) is 0 Å². The van der Waals surface area contributed by atoms with E-state index in [0.717, 1.165) is 21.3 Å². The molecule has 4 rings (SSSR count). The van der Waals surface area contributed by atoms with Crippen LogP contribution < -0.4 is 4.74 Å². The largest absolute Gasteiger partial charge is 0.423 e. The standard InChI is InChI=1S/C24H18BrN3O2/c1-16(24(29)30-20-13-12-19(25)22-23(20)27-15-14-26-22)28-21(17-8-4-2-5-9-17)18-10-6-3-7-11-18/h2-16H,1H3/t16-/m0/s1. The first-order valence-electron chi connectivity index (χ1n) is 9.43. The van der Waals surface area contributed by atoms with Crippen molar-refractivity contribution in [3.63, 3.8) is 0 Å². The number of aliphatic imine (C=N–C) groups is 1. The predicted molar refractivity (Wildman–Crippen MR) is 121 cm³/mol. The fourth-order valence-electron chi connectivity index (χ4n) is 3.03. The third-order valence-corrected chi connectivity index (χ3v) is 5.15. The van der Waals surface area contributed by atoms with Crippen LogP contribution in [0.15, 0.2) is 94.7 Å². The van der Waals surface area contributed by atoms with Crippen LogP contribution in [-0.2, 0) is 4.79 Å². The minimum absolute atomic E-state index is 0.356. The van der Waals surface area contributed by atoms with E-state index in [4.69, 9.17) is 9.73 Å². The lowest BCUT2D eigenvalue weighted by atomic mass is 10.0. The molecular formula is C24H18BrN3O2. The van der Waals surface area contributed by atoms with Crippen molar-refractivity contribution < 1.29 is 9.53 Å². The molecule has 0 fully saturated rings. The van der Waals surface area contributed by atoms with E-state index in [1.807, 2.05) is 60.7 Å². The molecule has 1 heterocycles. The Bertz CT molecular complexity index is 1170. The van der Waals surface area contributed by atoms with Gasteiger partial charge < -0.3 is 4.74 Å². The van der Waals surface area contributed by atoms with Gasteiger partial charge in [-0.3, -0.25) is 9.98 Å². The van der Waals surface area contributed by atoms with Gasteiger partial charge in [0.2, 0.25) is 0 Å². The zero-order valence-electron chi connectivity index (χ0n) is 16.2. The smallest absolute Gasteiger partial charge is 0.336 e. The number of ether oxygens (including phenoxy) is 1. The zero-order valence-corrected chi connectivity index (χ0v) is 17.8. The van der Waals surface area contributed by atoms with Gasteiger partial charge in [-0.05, 0) is 35.0 Å². The topological polar surface area (TPSA) is 64.4 Å². The number of hydrogen-bond acceptors (Lipinski definition) is 5. The van der Waals surface area contributed by atoms with Gasteiger partial charge in [-0.15, -0.1) is 0 Å². The lowest BCUT2D eigenvalue weighted by Gasteiger charge is -2.13. The van der Waals surface area contributed by atoms with E-state index in [1.54, 1.807) is 31.5 Å². The minimum Gasteiger partial charge on any atom is -0.423 e. The average Bonchev–Trinajstić information content (AvgIpc) is 2.80. The first kappa shape index (κ1) is 19.9. The number of hydrogen-bond donors (Lipinski definition) is 0. The molecular weight excluding hydrogens is 442 g/mol. The van der Waals surface area contributed by atoms with E-state index in [-0.39, 0.29) is 0 Å². The number of rotatable bonds is 5. The number of carbonyl (C=O) groups excluding carboxylic acids is 1. The highest BCUT2D eigenvalue weighted by Gasteiger charge is 2.19. The van der Waals surface area contributed by atoms with Crippen molar-refractivity contribution in [3.05, 3.63) is 101 Å². The number of aromatic nitrogens is 2. The van der Waals surface area contributed by atoms with E-state index in [9.17, 15) is 4.79 Å². The fraction of sp³-hybridized carbons (Fsp3) is 0.0833. The molecule has 0 aliphatic rings. The molecule has 5 nitrogen and oxygen atoms in total. The van der Waals surface area contributed by atoms with Crippen LogP contribution in [-0.4, -0.2) is 27.7 Å². The molecule has 4 aromatic rings. The maximum absolute atomic E-state index is 12.8. The Kier molecular flexibility index (Phi) is 5.95. The van der Waals surface area contributed by atoms with Crippen LogP contribution in [0.2, 0.25) is 0 Å². The summed E-state index contributed by atoms with van der Waals surface area (Å²) in [5, 5.41) is 0. The van der Waals surface area contributed by atoms with Crippen LogP contribution in [0.25, 0.3) is 11.0 Å². The number of halogens is 1. The number of carbonyl (C=O) groups is 1. The Hall–Kier alpha value is -3.38. The van der Waals surface area contributed by atoms with Gasteiger partial charge in [0.1, 0.15) is 17.1 Å². The monoisotopic (exact) mass is 459 g/mol. The van der Waals surface area contributed by atoms with E-state index in [0.29, 0.717) is 16.8 Å². The molecule has 1 atom stereocenters. The van der Waals surface area contributed by atoms with Crippen molar-refractivity contribution in [1.82, 2.24) is 9.97 Å². The first-order chi connectivity index (χ1) is 14.6. The molecule has 0 saturated heterocycles. The summed E-state index contributed by atoms with van der Waals surface area (Å²) in [5.74, 6) is -0.108. The summed E-state index contributed by atoms with van der Waals surface area (Å²) in [5.41, 5.74) is 3.75. The molecule has 6 heteroatoms. The molecule has 0 saturated carbocycles. The van der Waals surface area contributed by atoms with Crippen LogP contribution in [0.5, 0.6) is 5.75 Å². The minimum atomic E-state index is -0.712. The molecule has 0 spiro atoms. The van der Waals surface area contributed by atoms with Crippen LogP contribution in [0.3, 0.4) is 0 Å². The number of fused-ring (bicyclic) bond motifs is 1. The summed E-state index contributed by atoms with van der Waals surface area (Å²) < 4.78 is 6.43. The SMILES string of the molecule is C[C@H](N=C(c1ccccc1)c1ccccc1)C(=O)Oc1ccc(Br)c2nccnc12. The van der Waals surface area contributed by atoms with Gasteiger partial charge in [-0.25, -0.2) is 9.78 Å². The highest BCUT2D eigenvalue weighted by Crippen LogP contribution is 2.28. The lowest BCUT2D eigenvalue weighted by Crippen LogP contribution is -2.23. The molecule has 1 aromatic heterocycles. The summed E-state index contributed by atoms with van der Waals surface area (Å²) in [4.78, 5) is 26.2. The molecule has 0 aliphatic heterocycles. The second-order valence-electron chi connectivity index (χ2n) is 6.61. The van der Waals surface area contributed by atoms with E-state index >= 15 is 0 Å². The van der Waals surface area contributed by atoms with Crippen molar-refractivity contribution >= 4 is 38.6 Å². The third kappa shape index (κ3) is 4.28. The normalized spacial score (nSPS) is 11.7. The Morgan fingerprint density at radius 1 is 0.867 bits per heavy atom. The Morgan fingerprint density at radius 3 is 2.03 bits per heavy atom. The van der Waals surface area contributed by atoms with Crippen molar-refractivity contribution in [2.45, 2.75) is 13.0 Å². The van der Waals surface area contributed by atoms with Gasteiger partial charge in [0.15, 0.2) is 5.75 Å². The Morgan fingerprint density at radius 2 is 1.43 bits per heavy atom. The average molecular weight is 460 g/mol. The summed E-state index contributed by atoms with van der Waals surface area (Å²) in [6, 6.07) is 22.4. The molecule has 0 bridgehead atoms. The van der Waals surface area contributed by atoms with Crippen LogP contribution in [0.4, 0.5) is 0 Å². The third-order valence-electron chi connectivity index (χ3n) is 4.51. The van der Waals surface area contributed by atoms with Crippen LogP contribution in [0.1, 0.15) is 18.1 Å². The van der Waals surface area contributed by atoms with Crippen LogP contribution >= 0.6 is 15.9 Å². The van der Waals surface area contributed by atoms with E-state index in [2.05, 4.69) is 25.9 Å². The Balaban J connectivity index is 1.66. The second kappa shape index (κ2) is 8.97. The lowest BCUT2D eigenvalue weighted by molar-refractivity contribution is -0.135. The molecule has 148 valence electrons. The second-order valence-corrected chi connectivity index (χ2v) is 7.46. The van der Waals surface area contributed by atoms with Crippen molar-refractivity contribution in [2.24, 2.45) is 4.99 Å². The number of esters is 1. The summed E-state index contributed by atoms with van der Waals surface area (Å²) in [6.07, 6.45) is 3.16. The fourth-order valence-corrected chi connectivity index (χ4v) is 3.45. The number of benzene rings is 3. The van der Waals surface area contributed by atoms with Crippen LogP contribution in [0, 0.1) is 0 Å². The first-order valence-corrected chi connectivity index (χ1v) is 10.2. The summed E-state index contributed by atoms with van der Waals surface area (Å²) in [6.45, 7) is 1.72. The van der Waals surface area contributed by atoms with Crippen molar-refractivity contribution in [1.29, 1.82) is 0 Å². The number of nitrogens with zero attached hydrogens (tertiary/aromatic N) is 3. The molecule has 0 amide bonds. The maximum atomic E-state index is 12.8. The zero-order chi connectivity index (χ0) is 20.9. The highest BCUT2D eigenvalue weighted by molar-refractivity contribution is 9.10. The van der Waals surface area contributed by atoms with Crippen molar-refractivity contribution in [3.8, 4) is 5.75 Å². The molecule has 0 radical (unpaired) electrons. The molecule has 0 aliphatic carbocycles. The summed E-state index contributed by atoms with van der Waals surface area (Å²) >= 11 is 3.45. The molecule has 0 unspecified atom stereocenters. The van der Waals surface area contributed by atoms with Gasteiger partial charge in [0.25, 0.3) is 0 Å². The molecule has 30 heavy (non-hydrogen) atoms. The van der Waals surface area contributed by atoms with E-state index < -0.39 is 12.0 Å².